The average Bonchev–Trinajstić information content (AvgIpc) is 2.71. The molecule has 0 radical (unpaired) electrons. The van der Waals surface area contributed by atoms with Crippen LogP contribution in [0.3, 0.4) is 0 Å². The SMILES string of the molecule is COc1cc(OC)c(-c2cc(=O)c3c(O)c(OC)c(OC)cc3o2)cc1OC. The first-order valence-corrected chi connectivity index (χ1v) is 8.21. The lowest BCUT2D eigenvalue weighted by Crippen LogP contribution is -2.03. The second-order valence-electron chi connectivity index (χ2n) is 5.72. The van der Waals surface area contributed by atoms with Crippen molar-refractivity contribution in [1.29, 1.82) is 0 Å². The van der Waals surface area contributed by atoms with Crippen molar-refractivity contribution in [2.75, 3.05) is 35.5 Å². The minimum atomic E-state index is -0.452. The Morgan fingerprint density at radius 3 is 1.93 bits per heavy atom. The molecule has 0 saturated heterocycles. The lowest BCUT2D eigenvalue weighted by molar-refractivity contribution is 0.334. The summed E-state index contributed by atoms with van der Waals surface area (Å²) < 4.78 is 32.2. The van der Waals surface area contributed by atoms with Crippen molar-refractivity contribution >= 4 is 11.0 Å². The Kier molecular flexibility index (Phi) is 5.21. The van der Waals surface area contributed by atoms with E-state index in [-0.39, 0.29) is 34.0 Å². The van der Waals surface area contributed by atoms with E-state index in [2.05, 4.69) is 0 Å². The van der Waals surface area contributed by atoms with Gasteiger partial charge in [-0.15, -0.1) is 0 Å². The van der Waals surface area contributed by atoms with Crippen LogP contribution in [0.25, 0.3) is 22.3 Å². The number of hydrogen-bond donors (Lipinski definition) is 1. The Balaban J connectivity index is 2.32. The van der Waals surface area contributed by atoms with Crippen LogP contribution in [0.4, 0.5) is 0 Å². The van der Waals surface area contributed by atoms with E-state index in [1.54, 1.807) is 12.1 Å². The number of benzene rings is 2. The van der Waals surface area contributed by atoms with Crippen molar-refractivity contribution in [3.8, 4) is 45.8 Å². The van der Waals surface area contributed by atoms with Crippen LogP contribution < -0.4 is 29.1 Å². The Labute approximate surface area is 160 Å². The smallest absolute Gasteiger partial charge is 0.204 e. The molecule has 1 aromatic heterocycles. The van der Waals surface area contributed by atoms with Crippen LogP contribution in [-0.4, -0.2) is 40.7 Å². The first kappa shape index (κ1) is 19.2. The van der Waals surface area contributed by atoms with Crippen LogP contribution in [0, 0.1) is 0 Å². The fourth-order valence-electron chi connectivity index (χ4n) is 2.96. The van der Waals surface area contributed by atoms with Crippen LogP contribution in [0.15, 0.2) is 33.5 Å². The summed E-state index contributed by atoms with van der Waals surface area (Å²) in [6.07, 6.45) is 0. The summed E-state index contributed by atoms with van der Waals surface area (Å²) >= 11 is 0. The van der Waals surface area contributed by atoms with Crippen LogP contribution in [0.1, 0.15) is 0 Å². The van der Waals surface area contributed by atoms with E-state index >= 15 is 0 Å². The predicted octanol–water partition coefficient (Wildman–Crippen LogP) is 3.21. The summed E-state index contributed by atoms with van der Waals surface area (Å²) in [5.74, 6) is 1.49. The fraction of sp³-hybridized carbons (Fsp3) is 0.250. The molecule has 0 aliphatic rings. The maximum Gasteiger partial charge on any atom is 0.204 e. The van der Waals surface area contributed by atoms with Crippen LogP contribution >= 0.6 is 0 Å². The largest absolute Gasteiger partial charge is 0.504 e. The van der Waals surface area contributed by atoms with Crippen molar-refractivity contribution < 1.29 is 33.2 Å². The van der Waals surface area contributed by atoms with E-state index in [4.69, 9.17) is 28.1 Å². The lowest BCUT2D eigenvalue weighted by atomic mass is 10.1. The summed E-state index contributed by atoms with van der Waals surface area (Å²) in [6, 6.07) is 6.01. The molecule has 0 aliphatic carbocycles. The summed E-state index contributed by atoms with van der Waals surface area (Å²) in [7, 11) is 7.29. The number of ether oxygens (including phenoxy) is 5. The van der Waals surface area contributed by atoms with Crippen LogP contribution in [0.2, 0.25) is 0 Å². The van der Waals surface area contributed by atoms with Crippen LogP contribution in [0.5, 0.6) is 34.5 Å². The molecule has 0 bridgehead atoms. The molecule has 3 rings (SSSR count). The summed E-state index contributed by atoms with van der Waals surface area (Å²) in [4.78, 5) is 12.7. The normalized spacial score (nSPS) is 10.6. The maximum absolute atomic E-state index is 12.7. The summed E-state index contributed by atoms with van der Waals surface area (Å²) in [6.45, 7) is 0. The Hall–Kier alpha value is -3.55. The van der Waals surface area contributed by atoms with Gasteiger partial charge in [-0.1, -0.05) is 0 Å². The van der Waals surface area contributed by atoms with E-state index in [0.717, 1.165) is 0 Å². The molecule has 0 amide bonds. The van der Waals surface area contributed by atoms with Gasteiger partial charge in [-0.2, -0.15) is 0 Å². The highest BCUT2D eigenvalue weighted by molar-refractivity contribution is 5.90. The second kappa shape index (κ2) is 7.59. The molecule has 0 spiro atoms. The number of aromatic hydroxyl groups is 1. The van der Waals surface area contributed by atoms with Crippen molar-refractivity contribution in [3.05, 3.63) is 34.5 Å². The summed E-state index contributed by atoms with van der Waals surface area (Å²) in [5, 5.41) is 10.4. The quantitative estimate of drug-likeness (QED) is 0.688. The average molecular weight is 388 g/mol. The van der Waals surface area contributed by atoms with E-state index in [0.29, 0.717) is 22.8 Å². The number of rotatable bonds is 6. The molecule has 148 valence electrons. The molecule has 28 heavy (non-hydrogen) atoms. The van der Waals surface area contributed by atoms with Crippen LogP contribution in [-0.2, 0) is 0 Å². The zero-order valence-electron chi connectivity index (χ0n) is 16.1. The lowest BCUT2D eigenvalue weighted by Gasteiger charge is -2.15. The molecule has 0 saturated carbocycles. The molecule has 0 unspecified atom stereocenters. The number of phenolic OH excluding ortho intramolecular Hbond substituents is 1. The third-order valence-corrected chi connectivity index (χ3v) is 4.31. The minimum Gasteiger partial charge on any atom is -0.504 e. The number of hydrogen-bond acceptors (Lipinski definition) is 8. The van der Waals surface area contributed by atoms with E-state index < -0.39 is 5.43 Å². The molecule has 0 fully saturated rings. The van der Waals surface area contributed by atoms with Crippen molar-refractivity contribution in [1.82, 2.24) is 0 Å². The molecule has 3 aromatic rings. The number of phenols is 1. The third-order valence-electron chi connectivity index (χ3n) is 4.31. The predicted molar refractivity (Wildman–Crippen MR) is 102 cm³/mol. The number of methoxy groups -OCH3 is 5. The van der Waals surface area contributed by atoms with Gasteiger partial charge in [-0.25, -0.2) is 0 Å². The van der Waals surface area contributed by atoms with Gasteiger partial charge >= 0.3 is 0 Å². The van der Waals surface area contributed by atoms with Gasteiger partial charge in [0.05, 0.1) is 41.1 Å². The molecule has 0 atom stereocenters. The second-order valence-corrected chi connectivity index (χ2v) is 5.72. The van der Waals surface area contributed by atoms with Gasteiger partial charge in [-0.3, -0.25) is 4.79 Å². The van der Waals surface area contributed by atoms with Gasteiger partial charge < -0.3 is 33.2 Å². The molecule has 8 nitrogen and oxygen atoms in total. The van der Waals surface area contributed by atoms with E-state index in [1.165, 1.54) is 47.7 Å². The maximum atomic E-state index is 12.7. The minimum absolute atomic E-state index is 0.0131. The number of fused-ring (bicyclic) bond motifs is 1. The Morgan fingerprint density at radius 1 is 0.750 bits per heavy atom. The Morgan fingerprint density at radius 2 is 1.36 bits per heavy atom. The van der Waals surface area contributed by atoms with Gasteiger partial charge in [0, 0.05) is 18.2 Å². The zero-order chi connectivity index (χ0) is 20.4. The molecular weight excluding hydrogens is 368 g/mol. The first-order valence-electron chi connectivity index (χ1n) is 8.21. The highest BCUT2D eigenvalue weighted by Crippen LogP contribution is 2.44. The monoisotopic (exact) mass is 388 g/mol. The van der Waals surface area contributed by atoms with Gasteiger partial charge in [0.15, 0.2) is 28.4 Å². The van der Waals surface area contributed by atoms with Gasteiger partial charge in [0.2, 0.25) is 5.75 Å². The highest BCUT2D eigenvalue weighted by Gasteiger charge is 2.21. The van der Waals surface area contributed by atoms with Gasteiger partial charge in [0.1, 0.15) is 22.5 Å². The molecule has 2 aromatic carbocycles. The van der Waals surface area contributed by atoms with E-state index in [9.17, 15) is 9.90 Å². The fourth-order valence-corrected chi connectivity index (χ4v) is 2.96. The van der Waals surface area contributed by atoms with Gasteiger partial charge in [-0.05, 0) is 6.07 Å². The highest BCUT2D eigenvalue weighted by atomic mass is 16.5. The first-order chi connectivity index (χ1) is 13.5. The molecule has 0 aliphatic heterocycles. The third kappa shape index (κ3) is 3.02. The van der Waals surface area contributed by atoms with Crippen molar-refractivity contribution in [3.63, 3.8) is 0 Å². The molecule has 1 N–H and O–H groups in total. The van der Waals surface area contributed by atoms with Gasteiger partial charge in [0.25, 0.3) is 0 Å². The molecular formula is C20H20O8. The topological polar surface area (TPSA) is 96.6 Å². The van der Waals surface area contributed by atoms with E-state index in [1.807, 2.05) is 0 Å². The molecule has 8 heteroatoms. The Bertz CT molecular complexity index is 1080. The van der Waals surface area contributed by atoms with Crippen molar-refractivity contribution in [2.24, 2.45) is 0 Å². The standard InChI is InChI=1S/C20H20O8/c1-23-12-8-15(25-3)14(24-2)6-10(12)13-7-11(21)18-16(28-13)9-17(26-4)20(27-5)19(18)22/h6-9,22H,1-5H3. The van der Waals surface area contributed by atoms with Crippen molar-refractivity contribution in [2.45, 2.75) is 0 Å². The molecule has 1 heterocycles. The zero-order valence-corrected chi connectivity index (χ0v) is 16.1. The summed E-state index contributed by atoms with van der Waals surface area (Å²) in [5.41, 5.74) is 0.162.